The number of carbonyl (C=O) groups excluding carboxylic acids is 2. The summed E-state index contributed by atoms with van der Waals surface area (Å²) >= 11 is 3.29. The molecular formula is C18H15BrN4O5. The van der Waals surface area contributed by atoms with Crippen molar-refractivity contribution in [1.29, 1.82) is 0 Å². The Balaban J connectivity index is 2.07. The van der Waals surface area contributed by atoms with Crippen molar-refractivity contribution in [2.45, 2.75) is 0 Å². The molecule has 0 atom stereocenters. The molecule has 2 aromatic rings. The first-order chi connectivity index (χ1) is 13.4. The Morgan fingerprint density at radius 2 is 2.00 bits per heavy atom. The van der Waals surface area contributed by atoms with Crippen molar-refractivity contribution in [2.75, 3.05) is 7.11 Å². The van der Waals surface area contributed by atoms with Crippen molar-refractivity contribution in [2.24, 2.45) is 10.4 Å². The van der Waals surface area contributed by atoms with Crippen molar-refractivity contribution in [3.8, 4) is 11.5 Å². The Morgan fingerprint density at radius 1 is 1.21 bits per heavy atom. The summed E-state index contributed by atoms with van der Waals surface area (Å²) in [6, 6.07) is 9.44. The highest BCUT2D eigenvalue weighted by Gasteiger charge is 2.08. The molecule has 0 fully saturated rings. The standard InChI is InChI=1S/C18H15BrN4O5/c1-28-16-8-13(14(19)9-15(16)24)10-20-22-18(26)12-4-2-3-11(7-12)5-6-17(25)21-23-27/h2-10,24H,1H3,(H,22,26)(H,21,25,27). The lowest BCUT2D eigenvalue weighted by Crippen LogP contribution is -2.17. The lowest BCUT2D eigenvalue weighted by atomic mass is 10.1. The second-order valence-electron chi connectivity index (χ2n) is 5.27. The Bertz CT molecular complexity index is 959. The highest BCUT2D eigenvalue weighted by molar-refractivity contribution is 9.10. The van der Waals surface area contributed by atoms with Crippen LogP contribution in [0.3, 0.4) is 0 Å². The molecule has 0 aliphatic carbocycles. The number of ether oxygens (including phenoxy) is 1. The van der Waals surface area contributed by atoms with Gasteiger partial charge in [0.05, 0.1) is 18.6 Å². The fourth-order valence-electron chi connectivity index (χ4n) is 2.08. The Labute approximate surface area is 168 Å². The van der Waals surface area contributed by atoms with Crippen LogP contribution in [0.2, 0.25) is 0 Å². The molecule has 0 heterocycles. The lowest BCUT2D eigenvalue weighted by Gasteiger charge is -2.06. The fraction of sp³-hybridized carbons (Fsp3) is 0.0556. The van der Waals surface area contributed by atoms with Crippen LogP contribution in [0.1, 0.15) is 21.5 Å². The summed E-state index contributed by atoms with van der Waals surface area (Å²) in [7, 11) is 1.42. The lowest BCUT2D eigenvalue weighted by molar-refractivity contribution is -0.116. The molecule has 144 valence electrons. The number of carbonyl (C=O) groups is 2. The fourth-order valence-corrected chi connectivity index (χ4v) is 2.52. The Hall–Kier alpha value is -3.53. The number of aromatic hydroxyl groups is 1. The zero-order chi connectivity index (χ0) is 20.5. The smallest absolute Gasteiger partial charge is 0.271 e. The first kappa shape index (κ1) is 20.8. The highest BCUT2D eigenvalue weighted by Crippen LogP contribution is 2.31. The summed E-state index contributed by atoms with van der Waals surface area (Å²) in [6.07, 6.45) is 3.94. The maximum atomic E-state index is 12.2. The molecule has 2 rings (SSSR count). The largest absolute Gasteiger partial charge is 0.504 e. The summed E-state index contributed by atoms with van der Waals surface area (Å²) in [4.78, 5) is 33.4. The molecule has 3 N–H and O–H groups in total. The van der Waals surface area contributed by atoms with Gasteiger partial charge < -0.3 is 9.84 Å². The average Bonchev–Trinajstić information content (AvgIpc) is 2.68. The van der Waals surface area contributed by atoms with Gasteiger partial charge >= 0.3 is 0 Å². The van der Waals surface area contributed by atoms with Gasteiger partial charge in [0.15, 0.2) is 11.5 Å². The van der Waals surface area contributed by atoms with Gasteiger partial charge in [-0.1, -0.05) is 12.1 Å². The van der Waals surface area contributed by atoms with Crippen molar-refractivity contribution < 1.29 is 19.4 Å². The van der Waals surface area contributed by atoms with Crippen LogP contribution in [-0.4, -0.2) is 30.2 Å². The summed E-state index contributed by atoms with van der Waals surface area (Å²) in [5, 5.41) is 15.9. The molecule has 0 spiro atoms. The Kier molecular flexibility index (Phi) is 7.40. The number of amides is 2. The third kappa shape index (κ3) is 5.74. The van der Waals surface area contributed by atoms with Crippen molar-refractivity contribution in [3.05, 3.63) is 68.5 Å². The van der Waals surface area contributed by atoms with Crippen molar-refractivity contribution >= 4 is 40.0 Å². The third-order valence-electron chi connectivity index (χ3n) is 3.40. The number of nitrogens with one attached hydrogen (secondary N) is 2. The number of nitroso groups, excluding NO2 is 1. The van der Waals surface area contributed by atoms with Gasteiger partial charge in [0.25, 0.3) is 11.8 Å². The van der Waals surface area contributed by atoms with Gasteiger partial charge in [-0.05, 0) is 51.8 Å². The molecule has 2 amide bonds. The molecule has 0 aromatic heterocycles. The SMILES string of the molecule is COc1cc(C=NNC(=O)c2cccc(C=CC(=O)NN=O)c2)c(Br)cc1O. The van der Waals surface area contributed by atoms with Crippen LogP contribution in [0.15, 0.2) is 57.3 Å². The van der Waals surface area contributed by atoms with Gasteiger partial charge in [-0.25, -0.2) is 10.9 Å². The number of nitrogens with zero attached hydrogens (tertiary/aromatic N) is 2. The van der Waals surface area contributed by atoms with Crippen LogP contribution in [0, 0.1) is 4.91 Å². The number of hydrogen-bond acceptors (Lipinski definition) is 7. The number of benzene rings is 2. The minimum absolute atomic E-state index is 0.0296. The number of rotatable bonds is 7. The monoisotopic (exact) mass is 446 g/mol. The maximum absolute atomic E-state index is 12.2. The number of methoxy groups -OCH3 is 1. The number of phenols is 1. The molecule has 0 unspecified atom stereocenters. The zero-order valence-electron chi connectivity index (χ0n) is 14.5. The first-order valence-electron chi connectivity index (χ1n) is 7.75. The van der Waals surface area contributed by atoms with Gasteiger partial charge in [0.2, 0.25) is 0 Å². The molecule has 0 aliphatic heterocycles. The minimum atomic E-state index is -0.677. The van der Waals surface area contributed by atoms with Crippen LogP contribution in [-0.2, 0) is 4.79 Å². The molecule has 9 nitrogen and oxygen atoms in total. The predicted octanol–water partition coefficient (Wildman–Crippen LogP) is 2.74. The summed E-state index contributed by atoms with van der Waals surface area (Å²) in [6.45, 7) is 0. The van der Waals surface area contributed by atoms with E-state index in [0.29, 0.717) is 21.2 Å². The van der Waals surface area contributed by atoms with E-state index in [1.54, 1.807) is 35.8 Å². The molecular weight excluding hydrogens is 432 g/mol. The number of halogens is 1. The summed E-state index contributed by atoms with van der Waals surface area (Å²) in [5.41, 5.74) is 5.59. The average molecular weight is 447 g/mol. The summed E-state index contributed by atoms with van der Waals surface area (Å²) < 4.78 is 5.60. The molecule has 0 aliphatic rings. The van der Waals surface area contributed by atoms with E-state index in [9.17, 15) is 19.6 Å². The van der Waals surface area contributed by atoms with Crippen molar-refractivity contribution in [3.63, 3.8) is 0 Å². The van der Waals surface area contributed by atoms with Crippen LogP contribution in [0.5, 0.6) is 11.5 Å². The van der Waals surface area contributed by atoms with E-state index in [-0.39, 0.29) is 11.5 Å². The quantitative estimate of drug-likeness (QED) is 0.260. The minimum Gasteiger partial charge on any atom is -0.504 e. The van der Waals surface area contributed by atoms with Gasteiger partial charge in [0.1, 0.15) is 0 Å². The second-order valence-corrected chi connectivity index (χ2v) is 6.13. The third-order valence-corrected chi connectivity index (χ3v) is 4.09. The topological polar surface area (TPSA) is 129 Å². The summed E-state index contributed by atoms with van der Waals surface area (Å²) in [5.74, 6) is -0.904. The van der Waals surface area contributed by atoms with E-state index in [1.165, 1.54) is 25.5 Å². The zero-order valence-corrected chi connectivity index (χ0v) is 16.1. The van der Waals surface area contributed by atoms with E-state index in [4.69, 9.17) is 4.74 Å². The predicted molar refractivity (Wildman–Crippen MR) is 107 cm³/mol. The van der Waals surface area contributed by atoms with Gasteiger partial charge in [-0.3, -0.25) is 9.59 Å². The molecule has 28 heavy (non-hydrogen) atoms. The van der Waals surface area contributed by atoms with Crippen molar-refractivity contribution in [1.82, 2.24) is 10.9 Å². The van der Waals surface area contributed by atoms with E-state index >= 15 is 0 Å². The molecule has 0 bridgehead atoms. The van der Waals surface area contributed by atoms with Crippen LogP contribution >= 0.6 is 15.9 Å². The number of hydrogen-bond donors (Lipinski definition) is 3. The molecule has 0 saturated carbocycles. The second kappa shape index (κ2) is 9.97. The molecule has 10 heteroatoms. The Morgan fingerprint density at radius 3 is 2.71 bits per heavy atom. The van der Waals surface area contributed by atoms with Crippen LogP contribution in [0.4, 0.5) is 0 Å². The molecule has 0 radical (unpaired) electrons. The maximum Gasteiger partial charge on any atom is 0.271 e. The van der Waals surface area contributed by atoms with E-state index in [1.807, 2.05) is 0 Å². The van der Waals surface area contributed by atoms with Crippen LogP contribution < -0.4 is 15.6 Å². The molecule has 2 aromatic carbocycles. The number of phenolic OH excluding ortho intramolecular Hbond substituents is 1. The van der Waals surface area contributed by atoms with Crippen LogP contribution in [0.25, 0.3) is 6.08 Å². The van der Waals surface area contributed by atoms with E-state index < -0.39 is 11.8 Å². The van der Waals surface area contributed by atoms with Gasteiger partial charge in [-0.2, -0.15) is 5.10 Å². The first-order valence-corrected chi connectivity index (χ1v) is 8.54. The van der Waals surface area contributed by atoms with Gasteiger partial charge in [-0.15, -0.1) is 4.91 Å². The van der Waals surface area contributed by atoms with Gasteiger partial charge in [0, 0.05) is 21.7 Å². The normalized spacial score (nSPS) is 10.8. The van der Waals surface area contributed by atoms with E-state index in [2.05, 4.69) is 31.7 Å². The highest BCUT2D eigenvalue weighted by atomic mass is 79.9. The molecule has 0 saturated heterocycles. The van der Waals surface area contributed by atoms with E-state index in [0.717, 1.165) is 6.08 Å². The number of hydrazone groups is 1.